The molecular weight excluding hydrogens is 456 g/mol. The van der Waals surface area contributed by atoms with E-state index in [9.17, 15) is 9.59 Å². The molecule has 4 heterocycles. The molecule has 2 bridgehead atoms. The predicted molar refractivity (Wildman–Crippen MR) is 150 cm³/mol. The summed E-state index contributed by atoms with van der Waals surface area (Å²) in [7, 11) is 0. The summed E-state index contributed by atoms with van der Waals surface area (Å²) in [5, 5.41) is 0. The third-order valence-electron chi connectivity index (χ3n) is 9.84. The molecule has 4 fully saturated rings. The number of hydrogen-bond acceptors (Lipinski definition) is 3. The Morgan fingerprint density at radius 2 is 1.78 bits per heavy atom. The molecule has 2 aromatic rings. The van der Waals surface area contributed by atoms with Crippen LogP contribution in [-0.4, -0.2) is 43.3 Å². The fraction of sp³-hybridized carbons (Fsp3) is 0.515. The molecule has 1 saturated carbocycles. The molecule has 3 saturated heterocycles. The molecule has 0 spiro atoms. The predicted octanol–water partition coefficient (Wildman–Crippen LogP) is 6.43. The van der Waals surface area contributed by atoms with Gasteiger partial charge in [-0.1, -0.05) is 55.7 Å². The third-order valence-corrected chi connectivity index (χ3v) is 9.84. The standard InChI is InChI=1S/C33H40N2O2/c36-24-26-10-12-31-28(21-26)11-13-32(37)35(31)18-5-2-7-25-8-6-9-29(22-25)33(16-3-1-4-17-33)30-23-34-19-14-27(30)15-20-34/h2,6-10,12,21-22,24,27,30H,1,3-5,11,13-20,23H2/b7-2+/t30-/m1/s1. The molecule has 1 atom stereocenters. The summed E-state index contributed by atoms with van der Waals surface area (Å²) >= 11 is 0. The first-order valence-electron chi connectivity index (χ1n) is 14.5. The molecule has 0 aromatic heterocycles. The van der Waals surface area contributed by atoms with Crippen molar-refractivity contribution in [3.05, 3.63) is 70.8 Å². The fourth-order valence-corrected chi connectivity index (χ4v) is 7.92. The first kappa shape index (κ1) is 24.6. The Labute approximate surface area is 221 Å². The summed E-state index contributed by atoms with van der Waals surface area (Å²) in [6, 6.07) is 15.1. The molecule has 1 aliphatic carbocycles. The number of carbonyl (C=O) groups excluding carboxylic acids is 2. The van der Waals surface area contributed by atoms with Crippen LogP contribution in [0.2, 0.25) is 0 Å². The number of aldehydes is 1. The van der Waals surface area contributed by atoms with Gasteiger partial charge in [0.1, 0.15) is 6.29 Å². The van der Waals surface area contributed by atoms with Gasteiger partial charge in [0, 0.05) is 30.8 Å². The van der Waals surface area contributed by atoms with Gasteiger partial charge in [-0.15, -0.1) is 0 Å². The lowest BCUT2D eigenvalue weighted by molar-refractivity contribution is -0.118. The van der Waals surface area contributed by atoms with Gasteiger partial charge in [0.2, 0.25) is 5.91 Å². The fourth-order valence-electron chi connectivity index (χ4n) is 7.92. The second-order valence-electron chi connectivity index (χ2n) is 11.8. The molecule has 0 radical (unpaired) electrons. The van der Waals surface area contributed by atoms with E-state index in [1.54, 1.807) is 5.56 Å². The zero-order valence-corrected chi connectivity index (χ0v) is 22.0. The Kier molecular flexibility index (Phi) is 7.03. The summed E-state index contributed by atoms with van der Waals surface area (Å²) in [6.07, 6.45) is 17.0. The molecular formula is C33H40N2O2. The first-order valence-corrected chi connectivity index (χ1v) is 14.5. The van der Waals surface area contributed by atoms with Crippen LogP contribution in [0.5, 0.6) is 0 Å². The lowest BCUT2D eigenvalue weighted by Gasteiger charge is -2.55. The summed E-state index contributed by atoms with van der Waals surface area (Å²) in [4.78, 5) is 28.5. The van der Waals surface area contributed by atoms with Gasteiger partial charge in [-0.05, 0) is 104 Å². The number of benzene rings is 2. The minimum Gasteiger partial charge on any atom is -0.312 e. The van der Waals surface area contributed by atoms with Gasteiger partial charge in [0.25, 0.3) is 0 Å². The van der Waals surface area contributed by atoms with E-state index in [4.69, 9.17) is 0 Å². The van der Waals surface area contributed by atoms with Crippen LogP contribution in [0.4, 0.5) is 5.69 Å². The average molecular weight is 497 g/mol. The van der Waals surface area contributed by atoms with Crippen LogP contribution in [-0.2, 0) is 16.6 Å². The number of rotatable bonds is 7. The Balaban J connectivity index is 1.17. The van der Waals surface area contributed by atoms with Crippen LogP contribution in [0.1, 0.15) is 84.8 Å². The maximum absolute atomic E-state index is 12.7. The Morgan fingerprint density at radius 3 is 2.54 bits per heavy atom. The van der Waals surface area contributed by atoms with Gasteiger partial charge in [-0.25, -0.2) is 0 Å². The highest BCUT2D eigenvalue weighted by Gasteiger charge is 2.48. The third kappa shape index (κ3) is 4.81. The Morgan fingerprint density at radius 1 is 0.946 bits per heavy atom. The quantitative estimate of drug-likeness (QED) is 0.415. The number of fused-ring (bicyclic) bond motifs is 4. The van der Waals surface area contributed by atoms with E-state index >= 15 is 0 Å². The Bertz CT molecular complexity index is 1170. The molecule has 2 aromatic carbocycles. The summed E-state index contributed by atoms with van der Waals surface area (Å²) in [5.74, 6) is 1.88. The minimum atomic E-state index is 0.179. The van der Waals surface area contributed by atoms with Crippen LogP contribution in [0.25, 0.3) is 6.08 Å². The number of aryl methyl sites for hydroxylation is 1. The van der Waals surface area contributed by atoms with Crippen molar-refractivity contribution in [3.8, 4) is 0 Å². The normalized spacial score (nSPS) is 26.9. The van der Waals surface area contributed by atoms with Gasteiger partial charge >= 0.3 is 0 Å². The van der Waals surface area contributed by atoms with E-state index in [0.717, 1.165) is 42.2 Å². The lowest BCUT2D eigenvalue weighted by atomic mass is 9.56. The van der Waals surface area contributed by atoms with Crippen LogP contribution in [0.3, 0.4) is 0 Å². The summed E-state index contributed by atoms with van der Waals surface area (Å²) in [6.45, 7) is 4.58. The Hall–Kier alpha value is -2.72. The molecule has 4 nitrogen and oxygen atoms in total. The van der Waals surface area contributed by atoms with Gasteiger partial charge in [0.05, 0.1) is 0 Å². The van der Waals surface area contributed by atoms with Gasteiger partial charge in [-0.3, -0.25) is 9.59 Å². The zero-order valence-electron chi connectivity index (χ0n) is 22.0. The summed E-state index contributed by atoms with van der Waals surface area (Å²) in [5.41, 5.74) is 5.95. The van der Waals surface area contributed by atoms with Gasteiger partial charge < -0.3 is 9.80 Å². The van der Waals surface area contributed by atoms with E-state index in [1.165, 1.54) is 70.1 Å². The maximum Gasteiger partial charge on any atom is 0.227 e. The average Bonchev–Trinajstić information content (AvgIpc) is 2.97. The van der Waals surface area contributed by atoms with Crippen LogP contribution in [0, 0.1) is 11.8 Å². The number of nitrogens with zero attached hydrogens (tertiary/aromatic N) is 2. The number of amides is 1. The second-order valence-corrected chi connectivity index (χ2v) is 11.8. The van der Waals surface area contributed by atoms with Crippen LogP contribution < -0.4 is 4.90 Å². The van der Waals surface area contributed by atoms with E-state index < -0.39 is 0 Å². The molecule has 4 aliphatic heterocycles. The van der Waals surface area contributed by atoms with Gasteiger partial charge in [0.15, 0.2) is 0 Å². The molecule has 7 rings (SSSR count). The topological polar surface area (TPSA) is 40.6 Å². The van der Waals surface area contributed by atoms with E-state index in [1.807, 2.05) is 23.1 Å². The van der Waals surface area contributed by atoms with Crippen molar-refractivity contribution in [2.45, 2.75) is 69.6 Å². The monoisotopic (exact) mass is 496 g/mol. The van der Waals surface area contributed by atoms with Crippen LogP contribution in [0.15, 0.2) is 48.5 Å². The molecule has 194 valence electrons. The maximum atomic E-state index is 12.7. The van der Waals surface area contributed by atoms with E-state index in [0.29, 0.717) is 23.9 Å². The highest BCUT2D eigenvalue weighted by molar-refractivity contribution is 5.97. The molecule has 5 aliphatic rings. The zero-order chi connectivity index (χ0) is 25.2. The van der Waals surface area contributed by atoms with Crippen molar-refractivity contribution in [2.24, 2.45) is 11.8 Å². The van der Waals surface area contributed by atoms with Crippen molar-refractivity contribution in [1.82, 2.24) is 4.90 Å². The molecule has 1 amide bonds. The smallest absolute Gasteiger partial charge is 0.227 e. The second kappa shape index (κ2) is 10.6. The van der Waals surface area contributed by atoms with Crippen molar-refractivity contribution < 1.29 is 9.59 Å². The molecule has 0 N–H and O–H groups in total. The number of piperidine rings is 3. The van der Waals surface area contributed by atoms with E-state index in [-0.39, 0.29) is 5.91 Å². The summed E-state index contributed by atoms with van der Waals surface area (Å²) < 4.78 is 0. The molecule has 4 heteroatoms. The highest BCUT2D eigenvalue weighted by Crippen LogP contribution is 2.52. The van der Waals surface area contributed by atoms with Gasteiger partial charge in [-0.2, -0.15) is 0 Å². The minimum absolute atomic E-state index is 0.179. The van der Waals surface area contributed by atoms with E-state index in [2.05, 4.69) is 41.3 Å². The lowest BCUT2D eigenvalue weighted by Crippen LogP contribution is -2.55. The SMILES string of the molecule is O=Cc1ccc2c(c1)CCC(=O)N2CC/C=C/c1cccc(C2([C@@H]3CN4CCC3CC4)CCCCC2)c1. The number of anilines is 1. The number of carbonyl (C=O) groups is 2. The number of hydrogen-bond donors (Lipinski definition) is 0. The van der Waals surface area contributed by atoms with Crippen molar-refractivity contribution in [2.75, 3.05) is 31.1 Å². The van der Waals surface area contributed by atoms with Crippen molar-refractivity contribution in [3.63, 3.8) is 0 Å². The highest BCUT2D eigenvalue weighted by atomic mass is 16.2. The molecule has 37 heavy (non-hydrogen) atoms. The van der Waals surface area contributed by atoms with Crippen molar-refractivity contribution in [1.29, 1.82) is 0 Å². The van der Waals surface area contributed by atoms with Crippen LogP contribution >= 0.6 is 0 Å². The first-order chi connectivity index (χ1) is 18.2. The molecule has 0 unspecified atom stereocenters. The van der Waals surface area contributed by atoms with Crippen molar-refractivity contribution >= 4 is 24.0 Å². The largest absolute Gasteiger partial charge is 0.312 e.